The second-order valence-electron chi connectivity index (χ2n) is 5.83. The van der Waals surface area contributed by atoms with Gasteiger partial charge in [-0.1, -0.05) is 19.9 Å². The van der Waals surface area contributed by atoms with E-state index in [1.165, 1.54) is 6.07 Å². The van der Waals surface area contributed by atoms with Crippen LogP contribution in [0.4, 0.5) is 11.4 Å². The first-order valence-corrected chi connectivity index (χ1v) is 6.33. The molecule has 6 heteroatoms. The molecule has 0 aliphatic heterocycles. The molecule has 0 aromatic heterocycles. The van der Waals surface area contributed by atoms with Gasteiger partial charge in [-0.25, -0.2) is 0 Å². The molecule has 0 radical (unpaired) electrons. The van der Waals surface area contributed by atoms with Crippen molar-refractivity contribution < 1.29 is 4.92 Å². The molecule has 0 bridgehead atoms. The van der Waals surface area contributed by atoms with Crippen molar-refractivity contribution in [3.8, 4) is 6.07 Å². The van der Waals surface area contributed by atoms with Gasteiger partial charge in [0.25, 0.3) is 0 Å². The fraction of sp³-hybridized carbons (Fsp3) is 0.500. The van der Waals surface area contributed by atoms with Crippen molar-refractivity contribution in [1.29, 1.82) is 5.26 Å². The summed E-state index contributed by atoms with van der Waals surface area (Å²) in [6.07, 6.45) is 0. The molecule has 1 aromatic carbocycles. The van der Waals surface area contributed by atoms with Crippen LogP contribution in [0.5, 0.6) is 0 Å². The number of anilines is 1. The van der Waals surface area contributed by atoms with Crippen LogP contribution in [-0.2, 0) is 0 Å². The minimum Gasteiger partial charge on any atom is -0.379 e. The molecule has 0 fully saturated rings. The van der Waals surface area contributed by atoms with E-state index in [1.807, 2.05) is 20.2 Å². The van der Waals surface area contributed by atoms with Crippen LogP contribution in [0.3, 0.4) is 0 Å². The fourth-order valence-corrected chi connectivity index (χ4v) is 2.22. The maximum atomic E-state index is 11.1. The Hall–Kier alpha value is -2.13. The molecule has 1 N–H and O–H groups in total. The lowest BCUT2D eigenvalue weighted by atomic mass is 9.92. The number of nitrogens with zero attached hydrogens (tertiary/aromatic N) is 3. The SMILES string of the molecule is CN(C)CC(C)(C)CNc1cccc(C#N)c1[N+](=O)[O-]. The Kier molecular flexibility index (Phi) is 5.06. The molecule has 0 aliphatic carbocycles. The third-order valence-electron chi connectivity index (χ3n) is 2.84. The molecule has 1 rings (SSSR count). The van der Waals surface area contributed by atoms with E-state index in [2.05, 4.69) is 24.1 Å². The fourth-order valence-electron chi connectivity index (χ4n) is 2.22. The van der Waals surface area contributed by atoms with Crippen LogP contribution in [0.2, 0.25) is 0 Å². The van der Waals surface area contributed by atoms with Crippen molar-refractivity contribution in [3.05, 3.63) is 33.9 Å². The molecule has 0 heterocycles. The zero-order chi connectivity index (χ0) is 15.3. The van der Waals surface area contributed by atoms with E-state index in [-0.39, 0.29) is 16.7 Å². The molecular formula is C14H20N4O2. The van der Waals surface area contributed by atoms with Gasteiger partial charge in [0, 0.05) is 13.1 Å². The van der Waals surface area contributed by atoms with Gasteiger partial charge < -0.3 is 10.2 Å². The number of nitrogens with one attached hydrogen (secondary N) is 1. The molecule has 0 saturated carbocycles. The molecule has 108 valence electrons. The second kappa shape index (κ2) is 6.35. The van der Waals surface area contributed by atoms with E-state index in [4.69, 9.17) is 5.26 Å². The Morgan fingerprint density at radius 3 is 2.60 bits per heavy atom. The Bertz CT molecular complexity index is 532. The highest BCUT2D eigenvalue weighted by molar-refractivity contribution is 5.68. The smallest absolute Gasteiger partial charge is 0.309 e. The summed E-state index contributed by atoms with van der Waals surface area (Å²) >= 11 is 0. The summed E-state index contributed by atoms with van der Waals surface area (Å²) in [5.41, 5.74) is 0.266. The second-order valence-corrected chi connectivity index (χ2v) is 5.83. The zero-order valence-corrected chi connectivity index (χ0v) is 12.3. The maximum Gasteiger partial charge on any atom is 0.309 e. The van der Waals surface area contributed by atoms with Crippen LogP contribution in [0.25, 0.3) is 0 Å². The van der Waals surface area contributed by atoms with Crippen molar-refractivity contribution >= 4 is 11.4 Å². The van der Waals surface area contributed by atoms with Gasteiger partial charge in [-0.05, 0) is 31.6 Å². The zero-order valence-electron chi connectivity index (χ0n) is 12.3. The first-order chi connectivity index (χ1) is 9.26. The first-order valence-electron chi connectivity index (χ1n) is 6.33. The Balaban J connectivity index is 2.94. The highest BCUT2D eigenvalue weighted by Crippen LogP contribution is 2.29. The van der Waals surface area contributed by atoms with Crippen LogP contribution in [0, 0.1) is 26.9 Å². The van der Waals surface area contributed by atoms with E-state index >= 15 is 0 Å². The average molecular weight is 276 g/mol. The lowest BCUT2D eigenvalue weighted by Gasteiger charge is -2.28. The normalized spacial score (nSPS) is 11.2. The van der Waals surface area contributed by atoms with Crippen molar-refractivity contribution in [2.75, 3.05) is 32.5 Å². The number of para-hydroxylation sites is 1. The topological polar surface area (TPSA) is 82.2 Å². The average Bonchev–Trinajstić information content (AvgIpc) is 2.34. The number of nitro benzene ring substituents is 1. The van der Waals surface area contributed by atoms with Crippen molar-refractivity contribution in [2.24, 2.45) is 5.41 Å². The van der Waals surface area contributed by atoms with Crippen LogP contribution in [0.1, 0.15) is 19.4 Å². The molecule has 0 aliphatic rings. The van der Waals surface area contributed by atoms with Gasteiger partial charge in [-0.15, -0.1) is 0 Å². The molecule has 1 aromatic rings. The van der Waals surface area contributed by atoms with Gasteiger partial charge in [0.15, 0.2) is 0 Å². The summed E-state index contributed by atoms with van der Waals surface area (Å²) in [5, 5.41) is 23.2. The lowest BCUT2D eigenvalue weighted by molar-refractivity contribution is -0.384. The number of benzene rings is 1. The van der Waals surface area contributed by atoms with E-state index < -0.39 is 4.92 Å². The Morgan fingerprint density at radius 2 is 2.10 bits per heavy atom. The number of hydrogen-bond donors (Lipinski definition) is 1. The van der Waals surface area contributed by atoms with Gasteiger partial charge in [0.2, 0.25) is 0 Å². The van der Waals surface area contributed by atoms with Crippen molar-refractivity contribution in [1.82, 2.24) is 4.90 Å². The quantitative estimate of drug-likeness (QED) is 0.637. The Labute approximate surface area is 119 Å². The molecule has 0 spiro atoms. The van der Waals surface area contributed by atoms with Crippen LogP contribution < -0.4 is 5.32 Å². The summed E-state index contributed by atoms with van der Waals surface area (Å²) < 4.78 is 0. The number of rotatable bonds is 6. The van der Waals surface area contributed by atoms with E-state index in [0.29, 0.717) is 12.2 Å². The predicted octanol–water partition coefficient (Wildman–Crippen LogP) is 2.47. The minimum absolute atomic E-state index is 0.0417. The first kappa shape index (κ1) is 15.9. The third kappa shape index (κ3) is 4.21. The van der Waals surface area contributed by atoms with Gasteiger partial charge >= 0.3 is 5.69 Å². The molecule has 0 saturated heterocycles. The van der Waals surface area contributed by atoms with Crippen molar-refractivity contribution in [2.45, 2.75) is 13.8 Å². The molecular weight excluding hydrogens is 256 g/mol. The highest BCUT2D eigenvalue weighted by atomic mass is 16.6. The monoisotopic (exact) mass is 276 g/mol. The van der Waals surface area contributed by atoms with E-state index in [1.54, 1.807) is 12.1 Å². The summed E-state index contributed by atoms with van der Waals surface area (Å²) in [6.45, 7) is 5.60. The summed E-state index contributed by atoms with van der Waals surface area (Å²) in [5.74, 6) is 0. The summed E-state index contributed by atoms with van der Waals surface area (Å²) in [7, 11) is 3.97. The summed E-state index contributed by atoms with van der Waals surface area (Å²) in [4.78, 5) is 12.7. The number of nitriles is 1. The highest BCUT2D eigenvalue weighted by Gasteiger charge is 2.23. The molecule has 20 heavy (non-hydrogen) atoms. The van der Waals surface area contributed by atoms with Crippen LogP contribution >= 0.6 is 0 Å². The summed E-state index contributed by atoms with van der Waals surface area (Å²) in [6, 6.07) is 6.58. The molecule has 0 atom stereocenters. The number of hydrogen-bond acceptors (Lipinski definition) is 5. The van der Waals surface area contributed by atoms with E-state index in [9.17, 15) is 10.1 Å². The molecule has 6 nitrogen and oxygen atoms in total. The van der Waals surface area contributed by atoms with Gasteiger partial charge in [0.05, 0.1) is 4.92 Å². The molecule has 0 unspecified atom stereocenters. The van der Waals surface area contributed by atoms with Crippen LogP contribution in [0.15, 0.2) is 18.2 Å². The van der Waals surface area contributed by atoms with Gasteiger partial charge in [-0.3, -0.25) is 10.1 Å². The van der Waals surface area contributed by atoms with E-state index in [0.717, 1.165) is 6.54 Å². The van der Waals surface area contributed by atoms with Crippen LogP contribution in [-0.4, -0.2) is 37.0 Å². The largest absolute Gasteiger partial charge is 0.379 e. The standard InChI is InChI=1S/C14H20N4O2/c1-14(2,10-17(3)4)9-16-12-7-5-6-11(8-15)13(12)18(19)20/h5-7,16H,9-10H2,1-4H3. The minimum atomic E-state index is -0.514. The molecule has 0 amide bonds. The lowest BCUT2D eigenvalue weighted by Crippen LogP contribution is -2.34. The van der Waals surface area contributed by atoms with Gasteiger partial charge in [0.1, 0.15) is 17.3 Å². The third-order valence-corrected chi connectivity index (χ3v) is 2.84. The maximum absolute atomic E-state index is 11.1. The van der Waals surface area contributed by atoms with Gasteiger partial charge in [-0.2, -0.15) is 5.26 Å². The number of nitro groups is 1. The van der Waals surface area contributed by atoms with Crippen molar-refractivity contribution in [3.63, 3.8) is 0 Å². The Morgan fingerprint density at radius 1 is 1.45 bits per heavy atom. The predicted molar refractivity (Wildman–Crippen MR) is 78.6 cm³/mol.